The van der Waals surface area contributed by atoms with Gasteiger partial charge in [-0.3, -0.25) is 0 Å². The highest BCUT2D eigenvalue weighted by Gasteiger charge is 2.67. The minimum absolute atomic E-state index is 0.00948. The van der Waals surface area contributed by atoms with Crippen molar-refractivity contribution in [2.45, 2.75) is 124 Å². The van der Waals surface area contributed by atoms with E-state index in [-0.39, 0.29) is 52.3 Å². The summed E-state index contributed by atoms with van der Waals surface area (Å²) in [6, 6.07) is 0. The van der Waals surface area contributed by atoms with Crippen LogP contribution in [0.25, 0.3) is 0 Å². The van der Waals surface area contributed by atoms with Gasteiger partial charge in [-0.15, -0.1) is 0 Å². The third-order valence-electron chi connectivity index (χ3n) is 12.0. The van der Waals surface area contributed by atoms with Gasteiger partial charge in [-0.05, 0) is 102 Å². The summed E-state index contributed by atoms with van der Waals surface area (Å²) < 4.78 is 6.11. The smallest absolute Gasteiger partial charge is 0.125 e. The van der Waals surface area contributed by atoms with Gasteiger partial charge in [0, 0.05) is 0 Å². The molecular weight excluding hydrogens is 436 g/mol. The lowest BCUT2D eigenvalue weighted by atomic mass is 9.51. The van der Waals surface area contributed by atoms with Crippen LogP contribution in [0.4, 0.5) is 0 Å². The largest absolute Gasteiger partial charge is 0.393 e. The van der Waals surface area contributed by atoms with Crippen LogP contribution >= 0.6 is 0 Å². The Hall–Kier alpha value is -0.680. The first-order valence-electron chi connectivity index (χ1n) is 14.3. The highest BCUT2D eigenvalue weighted by Crippen LogP contribution is 2.66. The number of hydrogen-bond donors (Lipinski definition) is 3. The molecule has 0 aromatic carbocycles. The number of allylic oxidation sites excluding steroid dienone is 4. The molecule has 4 aliphatic carbocycles. The Bertz CT molecular complexity index is 915. The SMILES string of the molecule is CC(C(O)C1(C(C)(C)C)OC1C)[C@@H](C)[C@H]1C(O)CC2C3=CCC4C[C@@H](O)CC[C@]4(C)C3=CC[C@@]21C. The summed E-state index contributed by atoms with van der Waals surface area (Å²) in [5.41, 5.74) is 2.50. The molecule has 0 spiro atoms. The van der Waals surface area contributed by atoms with Crippen LogP contribution < -0.4 is 0 Å². The van der Waals surface area contributed by atoms with E-state index in [4.69, 9.17) is 4.74 Å². The summed E-state index contributed by atoms with van der Waals surface area (Å²) in [5.74, 6) is 1.24. The molecule has 0 radical (unpaired) electrons. The molecular formula is C31H50O4. The van der Waals surface area contributed by atoms with E-state index in [1.165, 1.54) is 11.1 Å². The summed E-state index contributed by atoms with van der Waals surface area (Å²) in [6.45, 7) is 17.8. The third-order valence-corrected chi connectivity index (χ3v) is 12.0. The topological polar surface area (TPSA) is 73.2 Å². The Morgan fingerprint density at radius 3 is 2.34 bits per heavy atom. The number of aliphatic hydroxyl groups excluding tert-OH is 3. The van der Waals surface area contributed by atoms with Crippen molar-refractivity contribution in [3.8, 4) is 0 Å². The van der Waals surface area contributed by atoms with Gasteiger partial charge in [-0.25, -0.2) is 0 Å². The van der Waals surface area contributed by atoms with Gasteiger partial charge in [0.05, 0.1) is 24.4 Å². The number of ether oxygens (including phenoxy) is 1. The van der Waals surface area contributed by atoms with Crippen molar-refractivity contribution in [3.05, 3.63) is 23.3 Å². The van der Waals surface area contributed by atoms with Crippen LogP contribution in [0.5, 0.6) is 0 Å². The van der Waals surface area contributed by atoms with Crippen molar-refractivity contribution in [2.24, 2.45) is 45.8 Å². The Balaban J connectivity index is 1.43. The maximum Gasteiger partial charge on any atom is 0.125 e. The standard InChI is InChI=1S/C31H50O4/c1-17(18(2)27(34)31(19(3)35-31)28(4,5)6)26-25(33)16-24-22-10-9-20-15-21(32)11-13-29(20,7)23(22)12-14-30(24,26)8/h10,12,17-21,24-27,32-34H,9,11,13-16H2,1-8H3/t17-,18?,19?,20?,21+,24?,25?,26+,27?,29+,30+,31?/m1/s1. The van der Waals surface area contributed by atoms with Crippen LogP contribution in [-0.4, -0.2) is 45.3 Å². The zero-order valence-corrected chi connectivity index (χ0v) is 23.3. The fourth-order valence-corrected chi connectivity index (χ4v) is 9.64. The number of fused-ring (bicyclic) bond motifs is 5. The van der Waals surface area contributed by atoms with Crippen LogP contribution in [0.2, 0.25) is 0 Å². The predicted octanol–water partition coefficient (Wildman–Crippen LogP) is 5.65. The number of epoxide rings is 1. The van der Waals surface area contributed by atoms with Crippen molar-refractivity contribution in [1.82, 2.24) is 0 Å². The normalized spacial score (nSPS) is 49.7. The summed E-state index contributed by atoms with van der Waals surface area (Å²) in [5, 5.41) is 33.5. The van der Waals surface area contributed by atoms with E-state index in [1.54, 1.807) is 0 Å². The lowest BCUT2D eigenvalue weighted by molar-refractivity contribution is -0.0641. The molecule has 0 aromatic heterocycles. The van der Waals surface area contributed by atoms with Gasteiger partial charge in [0.2, 0.25) is 0 Å². The second-order valence-electron chi connectivity index (χ2n) is 14.6. The van der Waals surface area contributed by atoms with Crippen LogP contribution in [0.15, 0.2) is 23.3 Å². The zero-order valence-electron chi connectivity index (χ0n) is 23.3. The average Bonchev–Trinajstić information content (AvgIpc) is 3.39. The second-order valence-corrected chi connectivity index (χ2v) is 14.6. The molecule has 4 heteroatoms. The predicted molar refractivity (Wildman–Crippen MR) is 140 cm³/mol. The lowest BCUT2D eigenvalue weighted by Gasteiger charge is -2.53. The van der Waals surface area contributed by atoms with Gasteiger partial charge in [0.25, 0.3) is 0 Å². The first-order valence-corrected chi connectivity index (χ1v) is 14.3. The van der Waals surface area contributed by atoms with Crippen LogP contribution in [0.1, 0.15) is 93.9 Å². The zero-order chi connectivity index (χ0) is 25.7. The molecule has 35 heavy (non-hydrogen) atoms. The van der Waals surface area contributed by atoms with E-state index in [0.717, 1.165) is 38.5 Å². The number of hydrogen-bond acceptors (Lipinski definition) is 4. The molecule has 3 fully saturated rings. The summed E-state index contributed by atoms with van der Waals surface area (Å²) in [7, 11) is 0. The van der Waals surface area contributed by atoms with Gasteiger partial charge < -0.3 is 20.1 Å². The molecule has 1 heterocycles. The van der Waals surface area contributed by atoms with Crippen molar-refractivity contribution >= 4 is 0 Å². The Labute approximate surface area is 213 Å². The molecule has 0 bridgehead atoms. The van der Waals surface area contributed by atoms with E-state index in [0.29, 0.717) is 11.8 Å². The minimum Gasteiger partial charge on any atom is -0.393 e. The summed E-state index contributed by atoms with van der Waals surface area (Å²) in [6.07, 6.45) is 9.67. The maximum absolute atomic E-state index is 11.6. The molecule has 0 aromatic rings. The van der Waals surface area contributed by atoms with E-state index in [1.807, 2.05) is 0 Å². The summed E-state index contributed by atoms with van der Waals surface area (Å²) >= 11 is 0. The number of rotatable bonds is 4. The van der Waals surface area contributed by atoms with Gasteiger partial charge in [0.1, 0.15) is 5.60 Å². The van der Waals surface area contributed by atoms with Crippen LogP contribution in [0, 0.1) is 45.8 Å². The summed E-state index contributed by atoms with van der Waals surface area (Å²) in [4.78, 5) is 0. The molecule has 198 valence electrons. The maximum atomic E-state index is 11.6. The molecule has 0 amide bonds. The molecule has 12 atom stereocenters. The van der Waals surface area contributed by atoms with Crippen molar-refractivity contribution in [1.29, 1.82) is 0 Å². The van der Waals surface area contributed by atoms with Crippen LogP contribution in [-0.2, 0) is 4.74 Å². The van der Waals surface area contributed by atoms with Gasteiger partial charge >= 0.3 is 0 Å². The molecule has 5 aliphatic rings. The Morgan fingerprint density at radius 1 is 1.09 bits per heavy atom. The van der Waals surface area contributed by atoms with Crippen molar-refractivity contribution in [3.63, 3.8) is 0 Å². The highest BCUT2D eigenvalue weighted by atomic mass is 16.6. The highest BCUT2D eigenvalue weighted by molar-refractivity contribution is 5.46. The fraction of sp³-hybridized carbons (Fsp3) is 0.871. The monoisotopic (exact) mass is 486 g/mol. The molecule has 4 nitrogen and oxygen atoms in total. The number of aliphatic hydroxyl groups is 3. The Kier molecular flexibility index (Phi) is 6.05. The fourth-order valence-electron chi connectivity index (χ4n) is 9.64. The van der Waals surface area contributed by atoms with E-state index < -0.39 is 11.7 Å². The molecule has 2 saturated carbocycles. The minimum atomic E-state index is -0.556. The van der Waals surface area contributed by atoms with E-state index in [9.17, 15) is 15.3 Å². The van der Waals surface area contributed by atoms with Crippen molar-refractivity contribution in [2.75, 3.05) is 0 Å². The van der Waals surface area contributed by atoms with E-state index in [2.05, 4.69) is 67.5 Å². The van der Waals surface area contributed by atoms with Crippen LogP contribution in [0.3, 0.4) is 0 Å². The first kappa shape index (κ1) is 25.9. The third kappa shape index (κ3) is 3.52. The van der Waals surface area contributed by atoms with Gasteiger partial charge in [-0.1, -0.05) is 60.6 Å². The first-order chi connectivity index (χ1) is 16.2. The molecule has 5 rings (SSSR count). The molecule has 3 N–H and O–H groups in total. The van der Waals surface area contributed by atoms with Crippen molar-refractivity contribution < 1.29 is 20.1 Å². The molecule has 1 aliphatic heterocycles. The molecule has 1 saturated heterocycles. The quantitative estimate of drug-likeness (QED) is 0.449. The molecule has 7 unspecified atom stereocenters. The van der Waals surface area contributed by atoms with Gasteiger partial charge in [0.15, 0.2) is 0 Å². The average molecular weight is 487 g/mol. The Morgan fingerprint density at radius 2 is 1.74 bits per heavy atom. The second kappa shape index (κ2) is 8.16. The lowest BCUT2D eigenvalue weighted by Crippen LogP contribution is -2.51. The van der Waals surface area contributed by atoms with E-state index >= 15 is 0 Å². The van der Waals surface area contributed by atoms with Gasteiger partial charge in [-0.2, -0.15) is 0 Å².